The van der Waals surface area contributed by atoms with Crippen LogP contribution in [0.15, 0.2) is 72.3 Å². The molecule has 1 N–H and O–H groups in total. The molecule has 4 aromatic rings. The van der Waals surface area contributed by atoms with Crippen LogP contribution in [0.5, 0.6) is 0 Å². The van der Waals surface area contributed by atoms with E-state index in [1.54, 1.807) is 35.4 Å². The van der Waals surface area contributed by atoms with E-state index < -0.39 is 11.5 Å². The number of nitrogens with one attached hydrogen (secondary N) is 1. The summed E-state index contributed by atoms with van der Waals surface area (Å²) in [4.78, 5) is 33.2. The van der Waals surface area contributed by atoms with Crippen LogP contribution in [0.1, 0.15) is 28.9 Å². The zero-order valence-electron chi connectivity index (χ0n) is 14.5. The average Bonchev–Trinajstić information content (AvgIpc) is 3.23. The van der Waals surface area contributed by atoms with Gasteiger partial charge >= 0.3 is 0 Å². The fourth-order valence-electron chi connectivity index (χ4n) is 2.80. The maximum absolute atomic E-state index is 12.6. The van der Waals surface area contributed by atoms with E-state index in [0.29, 0.717) is 5.65 Å². The van der Waals surface area contributed by atoms with Crippen molar-refractivity contribution in [3.05, 3.63) is 89.0 Å². The van der Waals surface area contributed by atoms with E-state index in [-0.39, 0.29) is 11.6 Å². The van der Waals surface area contributed by atoms with Gasteiger partial charge in [-0.2, -0.15) is 5.10 Å². The number of rotatable bonds is 4. The number of carbonyl (C=O) groups is 1. The number of benzene rings is 1. The smallest absolute Gasteiger partial charge is 0.270 e. The average molecular weight is 360 g/mol. The van der Waals surface area contributed by atoms with Gasteiger partial charge in [-0.1, -0.05) is 18.2 Å². The molecule has 0 aliphatic heterocycles. The molecule has 0 spiro atoms. The standard InChI is InChI=1S/C19H16N6O2/c1-13(14-5-7-15(8-6-14)25-12-20-11-22-25)23-18(26)16-10-21-17-4-2-3-9-24(17)19(16)27/h2-13H,1H3,(H,23,26). The molecule has 0 bridgehead atoms. The van der Waals surface area contributed by atoms with Crippen molar-refractivity contribution in [2.45, 2.75) is 13.0 Å². The van der Waals surface area contributed by atoms with Crippen molar-refractivity contribution >= 4 is 11.6 Å². The number of aromatic nitrogens is 5. The van der Waals surface area contributed by atoms with Crippen molar-refractivity contribution < 1.29 is 4.79 Å². The minimum atomic E-state index is -0.460. The Morgan fingerprint density at radius 2 is 1.96 bits per heavy atom. The molecule has 0 aliphatic carbocycles. The number of pyridine rings is 1. The van der Waals surface area contributed by atoms with Crippen LogP contribution in [0.4, 0.5) is 0 Å². The predicted molar refractivity (Wildman–Crippen MR) is 98.7 cm³/mol. The second-order valence-corrected chi connectivity index (χ2v) is 6.03. The number of hydrogen-bond acceptors (Lipinski definition) is 5. The first-order chi connectivity index (χ1) is 13.1. The van der Waals surface area contributed by atoms with E-state index in [4.69, 9.17) is 0 Å². The summed E-state index contributed by atoms with van der Waals surface area (Å²) in [5, 5.41) is 6.92. The number of carbonyl (C=O) groups excluding carboxylic acids is 1. The van der Waals surface area contributed by atoms with Gasteiger partial charge in [0.15, 0.2) is 0 Å². The highest BCUT2D eigenvalue weighted by atomic mass is 16.2. The van der Waals surface area contributed by atoms with Crippen LogP contribution in [0.25, 0.3) is 11.3 Å². The molecular weight excluding hydrogens is 344 g/mol. The van der Waals surface area contributed by atoms with Crippen LogP contribution in [-0.4, -0.2) is 30.1 Å². The normalized spacial score (nSPS) is 12.0. The Morgan fingerprint density at radius 1 is 1.15 bits per heavy atom. The molecule has 27 heavy (non-hydrogen) atoms. The summed E-state index contributed by atoms with van der Waals surface area (Å²) in [7, 11) is 0. The van der Waals surface area contributed by atoms with Gasteiger partial charge in [0.2, 0.25) is 0 Å². The second kappa shape index (κ2) is 6.83. The fraction of sp³-hybridized carbons (Fsp3) is 0.105. The van der Waals surface area contributed by atoms with Crippen molar-refractivity contribution in [1.29, 1.82) is 0 Å². The third-order valence-electron chi connectivity index (χ3n) is 4.28. The monoisotopic (exact) mass is 360 g/mol. The summed E-state index contributed by atoms with van der Waals surface area (Å²) in [5.41, 5.74) is 1.88. The maximum atomic E-state index is 12.6. The van der Waals surface area contributed by atoms with E-state index in [1.807, 2.05) is 31.2 Å². The Bertz CT molecular complexity index is 1150. The molecule has 0 saturated heterocycles. The van der Waals surface area contributed by atoms with E-state index in [1.165, 1.54) is 16.9 Å². The highest BCUT2D eigenvalue weighted by Gasteiger charge is 2.16. The minimum Gasteiger partial charge on any atom is -0.345 e. The Balaban J connectivity index is 1.54. The quantitative estimate of drug-likeness (QED) is 0.598. The molecule has 0 saturated carbocycles. The molecule has 8 heteroatoms. The van der Waals surface area contributed by atoms with Crippen molar-refractivity contribution in [2.24, 2.45) is 0 Å². The molecule has 1 aromatic carbocycles. The molecular formula is C19H16N6O2. The summed E-state index contributed by atoms with van der Waals surface area (Å²) in [5.74, 6) is -0.460. The summed E-state index contributed by atoms with van der Waals surface area (Å²) in [6.45, 7) is 1.86. The summed E-state index contributed by atoms with van der Waals surface area (Å²) in [6, 6.07) is 12.5. The predicted octanol–water partition coefficient (Wildman–Crippen LogP) is 1.77. The zero-order chi connectivity index (χ0) is 18.8. The topological polar surface area (TPSA) is 94.2 Å². The van der Waals surface area contributed by atoms with E-state index >= 15 is 0 Å². The lowest BCUT2D eigenvalue weighted by atomic mass is 10.1. The lowest BCUT2D eigenvalue weighted by Crippen LogP contribution is -2.33. The molecule has 8 nitrogen and oxygen atoms in total. The third kappa shape index (κ3) is 3.20. The van der Waals surface area contributed by atoms with Crippen LogP contribution in [0, 0.1) is 0 Å². The van der Waals surface area contributed by atoms with Crippen LogP contribution in [0.3, 0.4) is 0 Å². The van der Waals surface area contributed by atoms with Crippen molar-refractivity contribution in [3.8, 4) is 5.69 Å². The highest BCUT2D eigenvalue weighted by Crippen LogP contribution is 2.15. The molecule has 1 atom stereocenters. The van der Waals surface area contributed by atoms with E-state index in [9.17, 15) is 9.59 Å². The number of nitrogens with zero attached hydrogens (tertiary/aromatic N) is 5. The first kappa shape index (κ1) is 16.6. The van der Waals surface area contributed by atoms with Crippen molar-refractivity contribution in [2.75, 3.05) is 0 Å². The van der Waals surface area contributed by atoms with Crippen LogP contribution >= 0.6 is 0 Å². The van der Waals surface area contributed by atoms with Crippen LogP contribution < -0.4 is 10.9 Å². The molecule has 1 unspecified atom stereocenters. The van der Waals surface area contributed by atoms with Gasteiger partial charge < -0.3 is 5.32 Å². The van der Waals surface area contributed by atoms with Crippen LogP contribution in [-0.2, 0) is 0 Å². The molecule has 1 amide bonds. The van der Waals surface area contributed by atoms with Gasteiger partial charge in [-0.15, -0.1) is 0 Å². The van der Waals surface area contributed by atoms with Gasteiger partial charge in [-0.3, -0.25) is 14.0 Å². The largest absolute Gasteiger partial charge is 0.345 e. The second-order valence-electron chi connectivity index (χ2n) is 6.03. The maximum Gasteiger partial charge on any atom is 0.270 e. The van der Waals surface area contributed by atoms with Gasteiger partial charge in [0.25, 0.3) is 11.5 Å². The summed E-state index contributed by atoms with van der Waals surface area (Å²) < 4.78 is 3.00. The number of fused-ring (bicyclic) bond motifs is 1. The Kier molecular flexibility index (Phi) is 4.21. The Morgan fingerprint density at radius 3 is 2.70 bits per heavy atom. The van der Waals surface area contributed by atoms with Crippen LogP contribution in [0.2, 0.25) is 0 Å². The third-order valence-corrected chi connectivity index (χ3v) is 4.28. The Hall–Kier alpha value is -3.81. The first-order valence-corrected chi connectivity index (χ1v) is 8.36. The fourth-order valence-corrected chi connectivity index (χ4v) is 2.80. The Labute approximate surface area is 154 Å². The summed E-state index contributed by atoms with van der Waals surface area (Å²) >= 11 is 0. The lowest BCUT2D eigenvalue weighted by Gasteiger charge is -2.15. The molecule has 3 heterocycles. The molecule has 0 radical (unpaired) electrons. The van der Waals surface area contributed by atoms with Gasteiger partial charge in [0, 0.05) is 12.4 Å². The minimum absolute atomic E-state index is 0.00443. The SMILES string of the molecule is CC(NC(=O)c1cnc2ccccn2c1=O)c1ccc(-n2cncn2)cc1. The molecule has 134 valence electrons. The number of hydrogen-bond donors (Lipinski definition) is 1. The molecule has 0 fully saturated rings. The summed E-state index contributed by atoms with van der Waals surface area (Å²) in [6.07, 6.45) is 5.98. The van der Waals surface area contributed by atoms with Gasteiger partial charge in [0.1, 0.15) is 23.9 Å². The first-order valence-electron chi connectivity index (χ1n) is 8.36. The van der Waals surface area contributed by atoms with Crippen molar-refractivity contribution in [1.82, 2.24) is 29.5 Å². The van der Waals surface area contributed by atoms with Gasteiger partial charge in [-0.05, 0) is 36.8 Å². The van der Waals surface area contributed by atoms with Gasteiger partial charge in [-0.25, -0.2) is 14.6 Å². The molecule has 4 rings (SSSR count). The highest BCUT2D eigenvalue weighted by molar-refractivity contribution is 5.94. The zero-order valence-corrected chi connectivity index (χ0v) is 14.5. The lowest BCUT2D eigenvalue weighted by molar-refractivity contribution is 0.0938. The molecule has 0 aliphatic rings. The van der Waals surface area contributed by atoms with Crippen molar-refractivity contribution in [3.63, 3.8) is 0 Å². The van der Waals surface area contributed by atoms with E-state index in [0.717, 1.165) is 11.3 Å². The molecule has 3 aromatic heterocycles. The van der Waals surface area contributed by atoms with Gasteiger partial charge in [0.05, 0.1) is 11.7 Å². The van der Waals surface area contributed by atoms with E-state index in [2.05, 4.69) is 20.4 Å². The number of amides is 1.